The van der Waals surface area contributed by atoms with E-state index < -0.39 is 41.9 Å². The maximum Gasteiger partial charge on any atom is 0.459 e. The Morgan fingerprint density at radius 3 is 2.50 bits per heavy atom. The molecule has 2 aromatic rings. The van der Waals surface area contributed by atoms with E-state index in [2.05, 4.69) is 19.8 Å². The van der Waals surface area contributed by atoms with Crippen molar-refractivity contribution in [1.82, 2.24) is 19.7 Å². The Balaban J connectivity index is 2.01. The van der Waals surface area contributed by atoms with Crippen LogP contribution in [0.3, 0.4) is 0 Å². The van der Waals surface area contributed by atoms with E-state index in [1.807, 2.05) is 0 Å². The van der Waals surface area contributed by atoms with Crippen LogP contribution in [-0.2, 0) is 13.0 Å². The number of nitrogens with two attached hydrogens (primary N) is 1. The zero-order chi connectivity index (χ0) is 27.0. The highest BCUT2D eigenvalue weighted by atomic mass is 35.5. The van der Waals surface area contributed by atoms with E-state index in [1.165, 1.54) is 17.2 Å². The first kappa shape index (κ1) is 27.2. The highest BCUT2D eigenvalue weighted by Crippen LogP contribution is 2.49. The number of aliphatic imine (C=N–C) groups is 1. The molecule has 0 atom stereocenters. The molecule has 2 aromatic heterocycles. The molecule has 0 unspecified atom stereocenters. The topological polar surface area (TPSA) is 98.6 Å². The summed E-state index contributed by atoms with van der Waals surface area (Å²) in [4.78, 5) is 21.8. The largest absolute Gasteiger partial charge is 0.459 e. The van der Waals surface area contributed by atoms with Gasteiger partial charge in [0.2, 0.25) is 0 Å². The van der Waals surface area contributed by atoms with E-state index in [0.29, 0.717) is 4.68 Å². The molecule has 0 saturated heterocycles. The summed E-state index contributed by atoms with van der Waals surface area (Å²) >= 11 is 6.05. The van der Waals surface area contributed by atoms with E-state index >= 15 is 0 Å². The van der Waals surface area contributed by atoms with E-state index in [4.69, 9.17) is 17.3 Å². The summed E-state index contributed by atoms with van der Waals surface area (Å²) in [5, 5.41) is 2.90. The van der Waals surface area contributed by atoms with Gasteiger partial charge in [0, 0.05) is 49.9 Å². The number of aryl methyl sites for hydroxylation is 1. The van der Waals surface area contributed by atoms with Crippen molar-refractivity contribution in [1.29, 1.82) is 0 Å². The Morgan fingerprint density at radius 1 is 1.33 bits per heavy atom. The van der Waals surface area contributed by atoms with Crippen LogP contribution in [0.4, 0.5) is 36.6 Å². The monoisotopic (exact) mass is 542 g/mol. The SMILES string of the molecule is CN(C(=O)c1cc(C(C=Nc2c(OC(F)F)c(C(F)(F)C(F)(F)F)nn2C)=CN)cnc1Cl)C1CC1. The predicted octanol–water partition coefficient (Wildman–Crippen LogP) is 4.66. The molecule has 2 N–H and O–H groups in total. The number of hydrogen-bond acceptors (Lipinski definition) is 6. The van der Waals surface area contributed by atoms with Crippen LogP contribution in [-0.4, -0.2) is 57.7 Å². The highest BCUT2D eigenvalue weighted by Gasteiger charge is 2.62. The molecule has 36 heavy (non-hydrogen) atoms. The molecule has 8 nitrogen and oxygen atoms in total. The van der Waals surface area contributed by atoms with Gasteiger partial charge in [-0.25, -0.2) is 14.7 Å². The number of hydrogen-bond donors (Lipinski definition) is 1. The third-order valence-electron chi connectivity index (χ3n) is 5.16. The molecule has 16 heteroatoms. The number of nitrogens with zero attached hydrogens (tertiary/aromatic N) is 5. The molecule has 1 fully saturated rings. The Kier molecular flexibility index (Phi) is 7.53. The molecule has 2 heterocycles. The zero-order valence-corrected chi connectivity index (χ0v) is 19.3. The fourth-order valence-corrected chi connectivity index (χ4v) is 3.28. The quantitative estimate of drug-likeness (QED) is 0.297. The van der Waals surface area contributed by atoms with Crippen LogP contribution in [0, 0.1) is 0 Å². The fourth-order valence-electron chi connectivity index (χ4n) is 3.09. The van der Waals surface area contributed by atoms with Gasteiger partial charge in [0.25, 0.3) is 5.91 Å². The number of rotatable bonds is 8. The van der Waals surface area contributed by atoms with E-state index in [1.54, 1.807) is 7.05 Å². The number of aromatic nitrogens is 3. The number of alkyl halides is 7. The van der Waals surface area contributed by atoms with Crippen molar-refractivity contribution < 1.29 is 40.3 Å². The van der Waals surface area contributed by atoms with E-state index in [9.17, 15) is 35.5 Å². The van der Waals surface area contributed by atoms with Crippen molar-refractivity contribution in [2.24, 2.45) is 17.8 Å². The second kappa shape index (κ2) is 9.95. The van der Waals surface area contributed by atoms with Gasteiger partial charge in [-0.1, -0.05) is 11.6 Å². The Morgan fingerprint density at radius 2 is 1.97 bits per heavy atom. The first-order valence-electron chi connectivity index (χ1n) is 10.0. The lowest BCUT2D eigenvalue weighted by molar-refractivity contribution is -0.291. The molecule has 1 aliphatic rings. The number of carbonyl (C=O) groups is 1. The van der Waals surface area contributed by atoms with Gasteiger partial charge in [0.05, 0.1) is 5.56 Å². The smallest absolute Gasteiger partial charge is 0.428 e. The first-order chi connectivity index (χ1) is 16.7. The summed E-state index contributed by atoms with van der Waals surface area (Å²) < 4.78 is 96.5. The fraction of sp³-hybridized carbons (Fsp3) is 0.400. The van der Waals surface area contributed by atoms with E-state index in [-0.39, 0.29) is 27.9 Å². The molecule has 1 saturated carbocycles. The summed E-state index contributed by atoms with van der Waals surface area (Å²) in [6.45, 7) is -3.76. The van der Waals surface area contributed by atoms with Crippen LogP contribution in [0.15, 0.2) is 23.5 Å². The van der Waals surface area contributed by atoms with Gasteiger partial charge in [-0.2, -0.15) is 35.8 Å². The summed E-state index contributed by atoms with van der Waals surface area (Å²) in [7, 11) is 2.49. The Hall–Kier alpha value is -3.36. The summed E-state index contributed by atoms with van der Waals surface area (Å²) in [6.07, 6.45) is -1.45. The minimum Gasteiger partial charge on any atom is -0.428 e. The van der Waals surface area contributed by atoms with Crippen LogP contribution in [0.2, 0.25) is 5.15 Å². The van der Waals surface area contributed by atoms with Gasteiger partial charge in [0.1, 0.15) is 5.15 Å². The summed E-state index contributed by atoms with van der Waals surface area (Å²) in [5.41, 5.74) is 3.68. The van der Waals surface area contributed by atoms with Gasteiger partial charge in [-0.15, -0.1) is 0 Å². The van der Waals surface area contributed by atoms with Crippen molar-refractivity contribution in [3.05, 3.63) is 40.4 Å². The maximum absolute atomic E-state index is 13.9. The van der Waals surface area contributed by atoms with E-state index in [0.717, 1.165) is 32.3 Å². The average molecular weight is 543 g/mol. The number of carbonyl (C=O) groups excluding carboxylic acids is 1. The highest BCUT2D eigenvalue weighted by molar-refractivity contribution is 6.32. The van der Waals surface area contributed by atoms with Crippen LogP contribution in [0.5, 0.6) is 5.75 Å². The van der Waals surface area contributed by atoms with Gasteiger partial charge in [-0.3, -0.25) is 4.79 Å². The minimum atomic E-state index is -6.14. The van der Waals surface area contributed by atoms with Gasteiger partial charge in [-0.05, 0) is 18.9 Å². The van der Waals surface area contributed by atoms with Gasteiger partial charge < -0.3 is 15.4 Å². The standard InChI is InChI=1S/C20H18ClF7N6O2/c1-33(11-3-4-11)17(35)12-5-9(7-30-15(12)21)10(6-29)8-31-16-13(36-18(22)23)14(32-34(16)2)19(24,25)20(26,27)28/h5-8,11,18H,3-4,29H2,1-2H3. The number of halogens is 8. The van der Waals surface area contributed by atoms with Crippen LogP contribution >= 0.6 is 11.6 Å². The van der Waals surface area contributed by atoms with Crippen LogP contribution in [0.25, 0.3) is 5.57 Å². The number of ether oxygens (including phenoxy) is 1. The second-order valence-corrected chi connectivity index (χ2v) is 8.02. The summed E-state index contributed by atoms with van der Waals surface area (Å²) in [6, 6.07) is 1.38. The molecule has 1 aliphatic carbocycles. The number of allylic oxidation sites excluding steroid dienone is 1. The Bertz CT molecular complexity index is 1210. The molecule has 1 amide bonds. The molecular weight excluding hydrogens is 525 g/mol. The van der Waals surface area contributed by atoms with Crippen molar-refractivity contribution in [2.45, 2.75) is 37.6 Å². The molecule has 3 rings (SSSR count). The average Bonchev–Trinajstić information content (AvgIpc) is 3.59. The van der Waals surface area contributed by atoms with Crippen molar-refractivity contribution in [2.75, 3.05) is 7.05 Å². The number of amides is 1. The zero-order valence-electron chi connectivity index (χ0n) is 18.5. The molecule has 0 aromatic carbocycles. The lowest BCUT2D eigenvalue weighted by Gasteiger charge is -2.18. The third kappa shape index (κ3) is 5.39. The van der Waals surface area contributed by atoms with Gasteiger partial charge in [0.15, 0.2) is 17.3 Å². The predicted molar refractivity (Wildman–Crippen MR) is 114 cm³/mol. The molecule has 0 bridgehead atoms. The lowest BCUT2D eigenvalue weighted by Crippen LogP contribution is -2.34. The molecule has 0 spiro atoms. The molecule has 0 radical (unpaired) electrons. The number of pyridine rings is 1. The van der Waals surface area contributed by atoms with Crippen molar-refractivity contribution in [3.8, 4) is 5.75 Å². The first-order valence-corrected chi connectivity index (χ1v) is 10.4. The van der Waals surface area contributed by atoms with Crippen LogP contribution in [0.1, 0.15) is 34.5 Å². The lowest BCUT2D eigenvalue weighted by atomic mass is 10.1. The second-order valence-electron chi connectivity index (χ2n) is 7.67. The molecular formula is C20H18ClF7N6O2. The molecule has 196 valence electrons. The minimum absolute atomic E-state index is 0.00406. The van der Waals surface area contributed by atoms with Gasteiger partial charge >= 0.3 is 18.7 Å². The third-order valence-corrected chi connectivity index (χ3v) is 5.46. The van der Waals surface area contributed by atoms with Crippen molar-refractivity contribution in [3.63, 3.8) is 0 Å². The van der Waals surface area contributed by atoms with Crippen molar-refractivity contribution >= 4 is 35.1 Å². The normalized spacial score (nSPS) is 15.1. The Labute approximate surface area is 204 Å². The van der Waals surface area contributed by atoms with Crippen LogP contribution < -0.4 is 10.5 Å². The molecule has 0 aliphatic heterocycles. The summed E-state index contributed by atoms with van der Waals surface area (Å²) in [5.74, 6) is -8.49. The maximum atomic E-state index is 13.9.